The van der Waals surface area contributed by atoms with Crippen LogP contribution in [0.3, 0.4) is 0 Å². The van der Waals surface area contributed by atoms with Crippen LogP contribution < -0.4 is 5.32 Å². The highest BCUT2D eigenvalue weighted by Crippen LogP contribution is 2.06. The van der Waals surface area contributed by atoms with E-state index >= 15 is 0 Å². The third-order valence-electron chi connectivity index (χ3n) is 2.87. The van der Waals surface area contributed by atoms with E-state index in [0.717, 1.165) is 6.54 Å². The molecule has 2 heteroatoms. The van der Waals surface area contributed by atoms with Crippen LogP contribution in [0, 0.1) is 0 Å². The fourth-order valence-electron chi connectivity index (χ4n) is 1.77. The van der Waals surface area contributed by atoms with Gasteiger partial charge >= 0.3 is 0 Å². The predicted octanol–water partition coefficient (Wildman–Crippen LogP) is 2.89. The van der Waals surface area contributed by atoms with Gasteiger partial charge in [0.2, 0.25) is 0 Å². The average Bonchev–Trinajstić information content (AvgIpc) is 2.20. The molecule has 2 nitrogen and oxygen atoms in total. The second-order valence-electron chi connectivity index (χ2n) is 4.84. The van der Waals surface area contributed by atoms with Gasteiger partial charge in [-0.2, -0.15) is 0 Å². The highest BCUT2D eigenvalue weighted by atomic mass is 15.1. The van der Waals surface area contributed by atoms with Crippen molar-refractivity contribution < 1.29 is 0 Å². The summed E-state index contributed by atoms with van der Waals surface area (Å²) >= 11 is 0. The molecule has 0 aromatic carbocycles. The summed E-state index contributed by atoms with van der Waals surface area (Å²) in [5.74, 6) is 0. The Bertz CT molecular complexity index is 134. The third-order valence-corrected chi connectivity index (χ3v) is 2.87. The molecule has 0 fully saturated rings. The number of nitrogens with zero attached hydrogens (tertiary/aromatic N) is 1. The van der Waals surface area contributed by atoms with Gasteiger partial charge in [0.25, 0.3) is 0 Å². The number of nitrogens with one attached hydrogen (secondary N) is 1. The van der Waals surface area contributed by atoms with Crippen molar-refractivity contribution in [3.8, 4) is 0 Å². The molecule has 92 valence electrons. The van der Waals surface area contributed by atoms with Gasteiger partial charge in [0.1, 0.15) is 0 Å². The van der Waals surface area contributed by atoms with E-state index in [9.17, 15) is 0 Å². The van der Waals surface area contributed by atoms with Crippen molar-refractivity contribution in [1.29, 1.82) is 0 Å². The Labute approximate surface area is 96.4 Å². The number of unbranched alkanes of at least 4 members (excludes halogenated alkanes) is 1. The van der Waals surface area contributed by atoms with E-state index in [1.54, 1.807) is 0 Å². The van der Waals surface area contributed by atoms with Crippen molar-refractivity contribution in [3.05, 3.63) is 0 Å². The first-order valence-electron chi connectivity index (χ1n) is 6.55. The van der Waals surface area contributed by atoms with Crippen LogP contribution in [0.1, 0.15) is 53.4 Å². The maximum absolute atomic E-state index is 3.55. The van der Waals surface area contributed by atoms with Gasteiger partial charge in [0, 0.05) is 18.6 Å². The molecule has 15 heavy (non-hydrogen) atoms. The maximum atomic E-state index is 3.55. The lowest BCUT2D eigenvalue weighted by atomic mass is 10.1. The second-order valence-corrected chi connectivity index (χ2v) is 4.84. The summed E-state index contributed by atoms with van der Waals surface area (Å²) in [6.45, 7) is 11.3. The van der Waals surface area contributed by atoms with Gasteiger partial charge < -0.3 is 10.2 Å². The first kappa shape index (κ1) is 14.9. The zero-order chi connectivity index (χ0) is 11.7. The van der Waals surface area contributed by atoms with Crippen LogP contribution in [0.2, 0.25) is 0 Å². The lowest BCUT2D eigenvalue weighted by molar-refractivity contribution is 0.216. The van der Waals surface area contributed by atoms with Gasteiger partial charge in [-0.05, 0) is 26.4 Å². The Kier molecular flexibility index (Phi) is 9.12. The third kappa shape index (κ3) is 7.80. The summed E-state index contributed by atoms with van der Waals surface area (Å²) in [5, 5.41) is 3.55. The Balaban J connectivity index is 3.88. The monoisotopic (exact) mass is 214 g/mol. The van der Waals surface area contributed by atoms with Crippen molar-refractivity contribution in [2.45, 2.75) is 65.5 Å². The highest BCUT2D eigenvalue weighted by Gasteiger charge is 2.13. The summed E-state index contributed by atoms with van der Waals surface area (Å²) in [6, 6.07) is 1.31. The largest absolute Gasteiger partial charge is 0.313 e. The Hall–Kier alpha value is -0.0800. The molecule has 0 aromatic rings. The standard InChI is InChI=1S/C13H30N2/c1-6-8-10-15(5)13(9-7-2)11-14-12(3)4/h12-14H,6-11H2,1-5H3. The Morgan fingerprint density at radius 3 is 2.27 bits per heavy atom. The maximum Gasteiger partial charge on any atom is 0.0217 e. The SMILES string of the molecule is CCCCN(C)C(CCC)CNC(C)C. The van der Waals surface area contributed by atoms with Crippen molar-refractivity contribution in [2.75, 3.05) is 20.1 Å². The Morgan fingerprint density at radius 1 is 1.13 bits per heavy atom. The molecule has 0 spiro atoms. The molecule has 0 bridgehead atoms. The van der Waals surface area contributed by atoms with Crippen LogP contribution in [0.25, 0.3) is 0 Å². The minimum absolute atomic E-state index is 0.601. The summed E-state index contributed by atoms with van der Waals surface area (Å²) < 4.78 is 0. The fraction of sp³-hybridized carbons (Fsp3) is 1.00. The minimum Gasteiger partial charge on any atom is -0.313 e. The van der Waals surface area contributed by atoms with E-state index in [-0.39, 0.29) is 0 Å². The molecule has 0 aliphatic rings. The van der Waals surface area contributed by atoms with Gasteiger partial charge in [-0.3, -0.25) is 0 Å². The zero-order valence-electron chi connectivity index (χ0n) is 11.3. The molecule has 0 saturated heterocycles. The van der Waals surface area contributed by atoms with Crippen LogP contribution in [0.4, 0.5) is 0 Å². The fourth-order valence-corrected chi connectivity index (χ4v) is 1.77. The highest BCUT2D eigenvalue weighted by molar-refractivity contribution is 4.72. The van der Waals surface area contributed by atoms with Crippen molar-refractivity contribution >= 4 is 0 Å². The molecule has 1 atom stereocenters. The van der Waals surface area contributed by atoms with Gasteiger partial charge in [0.05, 0.1) is 0 Å². The molecule has 0 aliphatic carbocycles. The van der Waals surface area contributed by atoms with E-state index in [0.29, 0.717) is 12.1 Å². The molecule has 1 unspecified atom stereocenters. The predicted molar refractivity (Wildman–Crippen MR) is 69.4 cm³/mol. The van der Waals surface area contributed by atoms with E-state index in [1.165, 1.54) is 32.2 Å². The molecule has 0 heterocycles. The second kappa shape index (κ2) is 9.17. The van der Waals surface area contributed by atoms with Gasteiger partial charge in [-0.15, -0.1) is 0 Å². The quantitative estimate of drug-likeness (QED) is 0.635. The summed E-state index contributed by atoms with van der Waals surface area (Å²) in [7, 11) is 2.26. The average molecular weight is 214 g/mol. The van der Waals surface area contributed by atoms with Gasteiger partial charge in [-0.25, -0.2) is 0 Å². The first-order valence-corrected chi connectivity index (χ1v) is 6.55. The number of hydrogen-bond acceptors (Lipinski definition) is 2. The number of rotatable bonds is 9. The van der Waals surface area contributed by atoms with Crippen molar-refractivity contribution in [3.63, 3.8) is 0 Å². The molecule has 0 aromatic heterocycles. The van der Waals surface area contributed by atoms with E-state index in [1.807, 2.05) is 0 Å². The molecular formula is C13H30N2. The normalized spacial score (nSPS) is 13.8. The van der Waals surface area contributed by atoms with Crippen LogP contribution in [0.15, 0.2) is 0 Å². The van der Waals surface area contributed by atoms with Crippen molar-refractivity contribution in [2.24, 2.45) is 0 Å². The van der Waals surface area contributed by atoms with E-state index < -0.39 is 0 Å². The lowest BCUT2D eigenvalue weighted by Gasteiger charge is -2.29. The minimum atomic E-state index is 0.601. The van der Waals surface area contributed by atoms with Crippen LogP contribution in [-0.4, -0.2) is 37.1 Å². The molecule has 0 amide bonds. The summed E-state index contributed by atoms with van der Waals surface area (Å²) in [6.07, 6.45) is 5.19. The smallest absolute Gasteiger partial charge is 0.0217 e. The molecule has 0 rings (SSSR count). The topological polar surface area (TPSA) is 15.3 Å². The number of likely N-dealkylation sites (N-methyl/N-ethyl adjacent to an activating group) is 1. The summed E-state index contributed by atoms with van der Waals surface area (Å²) in [4.78, 5) is 2.52. The lowest BCUT2D eigenvalue weighted by Crippen LogP contribution is -2.42. The van der Waals surface area contributed by atoms with Crippen LogP contribution in [0.5, 0.6) is 0 Å². The molecule has 1 N–H and O–H groups in total. The van der Waals surface area contributed by atoms with Crippen LogP contribution in [-0.2, 0) is 0 Å². The first-order chi connectivity index (χ1) is 7.11. The van der Waals surface area contributed by atoms with E-state index in [2.05, 4.69) is 45.0 Å². The number of hydrogen-bond donors (Lipinski definition) is 1. The van der Waals surface area contributed by atoms with Crippen molar-refractivity contribution in [1.82, 2.24) is 10.2 Å². The molecule has 0 radical (unpaired) electrons. The van der Waals surface area contributed by atoms with Gasteiger partial charge in [-0.1, -0.05) is 40.5 Å². The molecular weight excluding hydrogens is 184 g/mol. The van der Waals surface area contributed by atoms with Crippen LogP contribution >= 0.6 is 0 Å². The molecule has 0 saturated carbocycles. The summed E-state index contributed by atoms with van der Waals surface area (Å²) in [5.41, 5.74) is 0. The molecule has 0 aliphatic heterocycles. The Morgan fingerprint density at radius 2 is 1.80 bits per heavy atom. The van der Waals surface area contributed by atoms with Gasteiger partial charge in [0.15, 0.2) is 0 Å². The van der Waals surface area contributed by atoms with E-state index in [4.69, 9.17) is 0 Å². The zero-order valence-corrected chi connectivity index (χ0v) is 11.3.